The number of carbonyl (C=O) groups excluding carboxylic acids is 2. The number of benzene rings is 2. The molecule has 1 aliphatic heterocycles. The molecule has 0 aromatic heterocycles. The van der Waals surface area contributed by atoms with Crippen molar-refractivity contribution < 1.29 is 9.59 Å². The van der Waals surface area contributed by atoms with Crippen LogP contribution in [0.3, 0.4) is 0 Å². The van der Waals surface area contributed by atoms with E-state index in [-0.39, 0.29) is 30.4 Å². The zero-order valence-corrected chi connectivity index (χ0v) is 19.3. The second kappa shape index (κ2) is 8.81. The monoisotopic (exact) mass is 459 g/mol. The lowest BCUT2D eigenvalue weighted by atomic mass is 9.82. The van der Waals surface area contributed by atoms with Gasteiger partial charge in [-0.1, -0.05) is 41.4 Å². The predicted molar refractivity (Wildman–Crippen MR) is 125 cm³/mol. The number of hydrogen-bond donors (Lipinski definition) is 2. The molecular formula is C24H27Cl2N3O2. The summed E-state index contributed by atoms with van der Waals surface area (Å²) >= 11 is 12.4. The van der Waals surface area contributed by atoms with Crippen LogP contribution in [0.25, 0.3) is 0 Å². The number of nitrogens with zero attached hydrogens (tertiary/aromatic N) is 1. The molecule has 1 atom stereocenters. The lowest BCUT2D eigenvalue weighted by molar-refractivity contribution is -0.134. The molecule has 1 aliphatic carbocycles. The third-order valence-electron chi connectivity index (χ3n) is 6.30. The lowest BCUT2D eigenvalue weighted by Crippen LogP contribution is -2.58. The first-order chi connectivity index (χ1) is 14.8. The number of halogens is 2. The fourth-order valence-corrected chi connectivity index (χ4v) is 4.96. The fraction of sp³-hybridized carbons (Fsp3) is 0.417. The Morgan fingerprint density at radius 1 is 1.19 bits per heavy atom. The second-order valence-electron chi connectivity index (χ2n) is 8.73. The average Bonchev–Trinajstić information content (AvgIpc) is 2.93. The molecule has 2 aromatic rings. The number of rotatable bonds is 7. The molecule has 1 heterocycles. The highest BCUT2D eigenvalue weighted by Gasteiger charge is 2.52. The summed E-state index contributed by atoms with van der Waals surface area (Å²) < 4.78 is 0. The number of carbonyl (C=O) groups is 2. The molecule has 2 aliphatic rings. The first-order valence-electron chi connectivity index (χ1n) is 10.7. The van der Waals surface area contributed by atoms with Crippen molar-refractivity contribution in [1.82, 2.24) is 10.2 Å². The number of amides is 2. The van der Waals surface area contributed by atoms with Crippen LogP contribution in [-0.2, 0) is 21.5 Å². The van der Waals surface area contributed by atoms with Gasteiger partial charge in [0, 0.05) is 39.8 Å². The van der Waals surface area contributed by atoms with Crippen molar-refractivity contribution in [2.45, 2.75) is 57.2 Å². The molecule has 2 amide bonds. The van der Waals surface area contributed by atoms with E-state index >= 15 is 0 Å². The van der Waals surface area contributed by atoms with Gasteiger partial charge in [-0.2, -0.15) is 0 Å². The summed E-state index contributed by atoms with van der Waals surface area (Å²) in [6.45, 7) is 4.15. The van der Waals surface area contributed by atoms with Crippen LogP contribution in [-0.4, -0.2) is 35.3 Å². The van der Waals surface area contributed by atoms with Gasteiger partial charge in [0.1, 0.15) is 5.54 Å². The van der Waals surface area contributed by atoms with E-state index in [2.05, 4.69) is 10.6 Å². The molecule has 5 nitrogen and oxygen atoms in total. The molecule has 164 valence electrons. The maximum Gasteiger partial charge on any atom is 0.249 e. The number of fused-ring (bicyclic) bond motifs is 1. The van der Waals surface area contributed by atoms with Crippen LogP contribution in [0.5, 0.6) is 0 Å². The van der Waals surface area contributed by atoms with Gasteiger partial charge in [-0.3, -0.25) is 14.5 Å². The van der Waals surface area contributed by atoms with Gasteiger partial charge in [-0.15, -0.1) is 0 Å². The number of anilines is 1. The Morgan fingerprint density at radius 2 is 1.94 bits per heavy atom. The maximum absolute atomic E-state index is 13.6. The van der Waals surface area contributed by atoms with Gasteiger partial charge in [-0.25, -0.2) is 0 Å². The first-order valence-corrected chi connectivity index (χ1v) is 11.5. The molecule has 31 heavy (non-hydrogen) atoms. The zero-order valence-electron chi connectivity index (χ0n) is 17.8. The Kier molecular flexibility index (Phi) is 6.29. The van der Waals surface area contributed by atoms with Crippen molar-refractivity contribution in [2.24, 2.45) is 0 Å². The van der Waals surface area contributed by atoms with E-state index in [1.165, 1.54) is 0 Å². The van der Waals surface area contributed by atoms with E-state index < -0.39 is 5.54 Å². The second-order valence-corrected chi connectivity index (χ2v) is 9.60. The summed E-state index contributed by atoms with van der Waals surface area (Å²) in [6.07, 6.45) is 3.57. The zero-order chi connectivity index (χ0) is 22.2. The van der Waals surface area contributed by atoms with Gasteiger partial charge >= 0.3 is 0 Å². The van der Waals surface area contributed by atoms with Gasteiger partial charge in [0.05, 0.1) is 6.54 Å². The van der Waals surface area contributed by atoms with Gasteiger partial charge < -0.3 is 10.6 Å². The highest BCUT2D eigenvalue weighted by Crippen LogP contribution is 2.45. The van der Waals surface area contributed by atoms with Crippen molar-refractivity contribution in [3.8, 4) is 0 Å². The summed E-state index contributed by atoms with van der Waals surface area (Å²) in [4.78, 5) is 28.5. The Morgan fingerprint density at radius 3 is 2.58 bits per heavy atom. The molecule has 2 N–H and O–H groups in total. The van der Waals surface area contributed by atoms with Crippen molar-refractivity contribution in [2.75, 3.05) is 11.9 Å². The van der Waals surface area contributed by atoms with Crippen LogP contribution < -0.4 is 10.6 Å². The van der Waals surface area contributed by atoms with Gasteiger partial charge in [0.15, 0.2) is 0 Å². The minimum atomic E-state index is -1.05. The third-order valence-corrected chi connectivity index (χ3v) is 6.77. The van der Waals surface area contributed by atoms with E-state index in [0.29, 0.717) is 22.2 Å². The van der Waals surface area contributed by atoms with Gasteiger partial charge in [0.2, 0.25) is 11.8 Å². The number of nitrogens with one attached hydrogen (secondary N) is 2. The fourth-order valence-electron chi connectivity index (χ4n) is 4.57. The molecular weight excluding hydrogens is 433 g/mol. The lowest BCUT2D eigenvalue weighted by Gasteiger charge is -2.42. The Labute approximate surface area is 193 Å². The summed E-state index contributed by atoms with van der Waals surface area (Å²) in [7, 11) is 0. The highest BCUT2D eigenvalue weighted by molar-refractivity contribution is 6.31. The van der Waals surface area contributed by atoms with E-state index in [1.54, 1.807) is 12.1 Å². The molecule has 1 unspecified atom stereocenters. The number of hydrogen-bond acceptors (Lipinski definition) is 3. The van der Waals surface area contributed by atoms with Crippen molar-refractivity contribution in [3.63, 3.8) is 0 Å². The molecule has 0 radical (unpaired) electrons. The predicted octanol–water partition coefficient (Wildman–Crippen LogP) is 4.76. The molecule has 0 bridgehead atoms. The van der Waals surface area contributed by atoms with E-state index in [4.69, 9.17) is 23.2 Å². The van der Waals surface area contributed by atoms with E-state index in [1.807, 2.05) is 49.1 Å². The highest BCUT2D eigenvalue weighted by atomic mass is 35.5. The van der Waals surface area contributed by atoms with Crippen LogP contribution in [0.15, 0.2) is 42.5 Å². The summed E-state index contributed by atoms with van der Waals surface area (Å²) in [6, 6.07) is 13.2. The van der Waals surface area contributed by atoms with Crippen LogP contribution in [0, 0.1) is 0 Å². The average molecular weight is 460 g/mol. The third kappa shape index (κ3) is 4.32. The summed E-state index contributed by atoms with van der Waals surface area (Å²) in [5, 5.41) is 7.28. The van der Waals surface area contributed by atoms with Crippen LogP contribution in [0.2, 0.25) is 10.0 Å². The van der Waals surface area contributed by atoms with Gasteiger partial charge in [-0.05, 0) is 62.9 Å². The smallest absolute Gasteiger partial charge is 0.249 e. The molecule has 1 fully saturated rings. The van der Waals surface area contributed by atoms with Crippen LogP contribution in [0.4, 0.5) is 5.69 Å². The van der Waals surface area contributed by atoms with E-state index in [0.717, 1.165) is 30.4 Å². The standard InChI is InChI=1S/C24H27Cl2N3O2/c1-15(2)29(14-22(30)27-19-7-4-8-19)24(13-16-5-3-6-17(25)11-16)20-10-9-18(26)12-21(20)28-23(24)31/h3,5-6,9-12,15,19H,4,7-8,13-14H2,1-2H3,(H,27,30)(H,28,31). The Hall–Kier alpha value is -2.08. The van der Waals surface area contributed by atoms with Crippen LogP contribution >= 0.6 is 23.2 Å². The van der Waals surface area contributed by atoms with Crippen LogP contribution in [0.1, 0.15) is 44.2 Å². The Bertz CT molecular complexity index is 1010. The summed E-state index contributed by atoms with van der Waals surface area (Å²) in [5.74, 6) is -0.214. The minimum Gasteiger partial charge on any atom is -0.352 e. The normalized spacial score (nSPS) is 20.5. The molecule has 4 rings (SSSR count). The topological polar surface area (TPSA) is 61.4 Å². The molecule has 0 saturated heterocycles. The molecule has 0 spiro atoms. The summed E-state index contributed by atoms with van der Waals surface area (Å²) in [5.41, 5.74) is 1.39. The van der Waals surface area contributed by atoms with Crippen molar-refractivity contribution >= 4 is 40.7 Å². The minimum absolute atomic E-state index is 0.0564. The quantitative estimate of drug-likeness (QED) is 0.626. The molecule has 7 heteroatoms. The Balaban J connectivity index is 1.77. The van der Waals surface area contributed by atoms with Crippen molar-refractivity contribution in [3.05, 3.63) is 63.6 Å². The van der Waals surface area contributed by atoms with Crippen molar-refractivity contribution in [1.29, 1.82) is 0 Å². The molecule has 1 saturated carbocycles. The SMILES string of the molecule is CC(C)N(CC(=O)NC1CCC1)C1(Cc2cccc(Cl)c2)C(=O)Nc2cc(Cl)ccc21. The maximum atomic E-state index is 13.6. The van der Waals surface area contributed by atoms with E-state index in [9.17, 15) is 9.59 Å². The van der Waals surface area contributed by atoms with Gasteiger partial charge in [0.25, 0.3) is 0 Å². The molecule has 2 aromatic carbocycles. The first kappa shape index (κ1) is 22.1. The largest absolute Gasteiger partial charge is 0.352 e.